The van der Waals surface area contributed by atoms with Crippen molar-refractivity contribution in [3.05, 3.63) is 34.4 Å². The predicted octanol–water partition coefficient (Wildman–Crippen LogP) is 2.00. The molecule has 7 nitrogen and oxygen atoms in total. The molecule has 2 rings (SSSR count). The number of piperidine rings is 1. The zero-order valence-corrected chi connectivity index (χ0v) is 13.9. The van der Waals surface area contributed by atoms with Crippen LogP contribution in [0.3, 0.4) is 0 Å². The Kier molecular flexibility index (Phi) is 7.77. The van der Waals surface area contributed by atoms with E-state index < -0.39 is 4.92 Å². The first-order valence-electron chi connectivity index (χ1n) is 7.42. The van der Waals surface area contributed by atoms with E-state index in [9.17, 15) is 14.9 Å². The number of para-hydroxylation sites is 2. The van der Waals surface area contributed by atoms with Gasteiger partial charge in [0.25, 0.3) is 0 Å². The zero-order chi connectivity index (χ0) is 15.9. The van der Waals surface area contributed by atoms with Gasteiger partial charge in [0.1, 0.15) is 0 Å². The Bertz CT molecular complexity index is 535. The third kappa shape index (κ3) is 5.37. The van der Waals surface area contributed by atoms with E-state index in [-0.39, 0.29) is 48.8 Å². The highest BCUT2D eigenvalue weighted by Crippen LogP contribution is 2.25. The average Bonchev–Trinajstić information content (AvgIpc) is 2.55. The van der Waals surface area contributed by atoms with Gasteiger partial charge in [0.15, 0.2) is 5.75 Å². The molecule has 0 radical (unpaired) electrons. The summed E-state index contributed by atoms with van der Waals surface area (Å²) in [6, 6.07) is 6.45. The third-order valence-corrected chi connectivity index (χ3v) is 3.89. The molecule has 1 N–H and O–H groups in total. The van der Waals surface area contributed by atoms with Gasteiger partial charge >= 0.3 is 5.69 Å². The number of nitrogens with zero attached hydrogens (tertiary/aromatic N) is 2. The van der Waals surface area contributed by atoms with Gasteiger partial charge in [-0.05, 0) is 32.0 Å². The maximum absolute atomic E-state index is 12.1. The minimum atomic E-state index is -0.488. The number of benzene rings is 1. The van der Waals surface area contributed by atoms with Crippen molar-refractivity contribution in [3.63, 3.8) is 0 Å². The van der Waals surface area contributed by atoms with E-state index in [4.69, 9.17) is 4.74 Å². The van der Waals surface area contributed by atoms with Crippen molar-refractivity contribution in [1.29, 1.82) is 0 Å². The molecule has 1 aromatic carbocycles. The van der Waals surface area contributed by atoms with Gasteiger partial charge in [-0.1, -0.05) is 12.1 Å². The Morgan fingerprint density at radius 1 is 1.39 bits per heavy atom. The van der Waals surface area contributed by atoms with Crippen LogP contribution in [0.4, 0.5) is 5.69 Å². The summed E-state index contributed by atoms with van der Waals surface area (Å²) in [4.78, 5) is 24.3. The number of nitro groups is 1. The van der Waals surface area contributed by atoms with Crippen molar-refractivity contribution in [1.82, 2.24) is 10.2 Å². The third-order valence-electron chi connectivity index (χ3n) is 3.89. The Balaban J connectivity index is 0.00000264. The summed E-state index contributed by atoms with van der Waals surface area (Å²) in [7, 11) is 1.81. The van der Waals surface area contributed by atoms with Crippen LogP contribution >= 0.6 is 12.4 Å². The van der Waals surface area contributed by atoms with Crippen LogP contribution in [0, 0.1) is 10.1 Å². The number of rotatable bonds is 6. The summed E-state index contributed by atoms with van der Waals surface area (Å²) in [6.45, 7) is 1.99. The van der Waals surface area contributed by atoms with Crippen LogP contribution in [0.25, 0.3) is 0 Å². The molecule has 0 aliphatic carbocycles. The zero-order valence-electron chi connectivity index (χ0n) is 13.1. The molecule has 1 fully saturated rings. The molecule has 0 atom stereocenters. The largest absolute Gasteiger partial charge is 0.486 e. The Morgan fingerprint density at radius 2 is 2.04 bits per heavy atom. The lowest BCUT2D eigenvalue weighted by atomic mass is 10.1. The van der Waals surface area contributed by atoms with E-state index in [1.165, 1.54) is 6.07 Å². The van der Waals surface area contributed by atoms with Gasteiger partial charge in [-0.25, -0.2) is 0 Å². The van der Waals surface area contributed by atoms with Crippen LogP contribution < -0.4 is 10.1 Å². The molecule has 1 aliphatic rings. The van der Waals surface area contributed by atoms with Crippen LogP contribution in [-0.4, -0.2) is 48.5 Å². The Morgan fingerprint density at radius 3 is 2.70 bits per heavy atom. The van der Waals surface area contributed by atoms with E-state index in [0.29, 0.717) is 0 Å². The molecule has 23 heavy (non-hydrogen) atoms. The fourth-order valence-electron chi connectivity index (χ4n) is 2.55. The standard InChI is InChI=1S/C15H21N3O4.ClH/c1-17(12-6-9-16-10-7-12)15(19)8-11-22-14-5-3-2-4-13(14)18(20)21;/h2-5,12,16H,6-11H2,1H3;1H. The summed E-state index contributed by atoms with van der Waals surface area (Å²) in [6.07, 6.45) is 2.12. The first-order chi connectivity index (χ1) is 10.6. The summed E-state index contributed by atoms with van der Waals surface area (Å²) in [5.74, 6) is 0.204. The first-order valence-corrected chi connectivity index (χ1v) is 7.42. The van der Waals surface area contributed by atoms with Crippen molar-refractivity contribution in [2.24, 2.45) is 0 Å². The number of nitro benzene ring substituents is 1. The van der Waals surface area contributed by atoms with E-state index >= 15 is 0 Å². The van der Waals surface area contributed by atoms with Crippen LogP contribution in [0.5, 0.6) is 5.75 Å². The highest BCUT2D eigenvalue weighted by molar-refractivity contribution is 5.85. The fourth-order valence-corrected chi connectivity index (χ4v) is 2.55. The molecule has 1 aromatic rings. The molecule has 0 bridgehead atoms. The number of halogens is 1. The number of hydrogen-bond acceptors (Lipinski definition) is 5. The molecule has 1 saturated heterocycles. The second-order valence-corrected chi connectivity index (χ2v) is 5.31. The normalized spacial score (nSPS) is 14.7. The second-order valence-electron chi connectivity index (χ2n) is 5.31. The van der Waals surface area contributed by atoms with Crippen LogP contribution in [0.1, 0.15) is 19.3 Å². The SMILES string of the molecule is CN(C(=O)CCOc1ccccc1[N+](=O)[O-])C1CCNCC1.Cl. The lowest BCUT2D eigenvalue weighted by Gasteiger charge is -2.31. The van der Waals surface area contributed by atoms with Crippen LogP contribution in [0.2, 0.25) is 0 Å². The number of amides is 1. The second kappa shape index (κ2) is 9.32. The average molecular weight is 344 g/mol. The van der Waals surface area contributed by atoms with Gasteiger partial charge in [-0.15, -0.1) is 12.4 Å². The molecule has 0 unspecified atom stereocenters. The molecule has 0 spiro atoms. The summed E-state index contributed by atoms with van der Waals surface area (Å²) in [5.41, 5.74) is -0.0818. The molecule has 1 amide bonds. The summed E-state index contributed by atoms with van der Waals surface area (Å²) < 4.78 is 5.41. The van der Waals surface area contributed by atoms with Gasteiger partial charge < -0.3 is 15.0 Å². The lowest BCUT2D eigenvalue weighted by Crippen LogP contribution is -2.44. The first kappa shape index (κ1) is 19.2. The molecule has 8 heteroatoms. The predicted molar refractivity (Wildman–Crippen MR) is 89.1 cm³/mol. The van der Waals surface area contributed by atoms with Gasteiger partial charge in [0.2, 0.25) is 5.91 Å². The molecule has 0 aromatic heterocycles. The van der Waals surface area contributed by atoms with E-state index in [1.54, 1.807) is 23.1 Å². The van der Waals surface area contributed by atoms with Gasteiger partial charge in [-0.2, -0.15) is 0 Å². The summed E-state index contributed by atoms with van der Waals surface area (Å²) >= 11 is 0. The van der Waals surface area contributed by atoms with Gasteiger partial charge in [0, 0.05) is 19.2 Å². The minimum absolute atomic E-state index is 0. The highest BCUT2D eigenvalue weighted by atomic mass is 35.5. The van der Waals surface area contributed by atoms with E-state index in [2.05, 4.69) is 5.32 Å². The number of nitrogens with one attached hydrogen (secondary N) is 1. The Hall–Kier alpha value is -1.86. The summed E-state index contributed by atoms with van der Waals surface area (Å²) in [5, 5.41) is 14.1. The smallest absolute Gasteiger partial charge is 0.310 e. The van der Waals surface area contributed by atoms with Crippen molar-refractivity contribution in [3.8, 4) is 5.75 Å². The molecule has 0 saturated carbocycles. The van der Waals surface area contributed by atoms with Gasteiger partial charge in [-0.3, -0.25) is 14.9 Å². The monoisotopic (exact) mass is 343 g/mol. The number of carbonyl (C=O) groups excluding carboxylic acids is 1. The van der Waals surface area contributed by atoms with E-state index in [1.807, 2.05) is 7.05 Å². The number of hydrogen-bond donors (Lipinski definition) is 1. The van der Waals surface area contributed by atoms with Gasteiger partial charge in [0.05, 0.1) is 18.0 Å². The fraction of sp³-hybridized carbons (Fsp3) is 0.533. The minimum Gasteiger partial charge on any atom is -0.486 e. The van der Waals surface area contributed by atoms with E-state index in [0.717, 1.165) is 25.9 Å². The maximum atomic E-state index is 12.1. The molecular weight excluding hydrogens is 322 g/mol. The molecular formula is C15H22ClN3O4. The van der Waals surface area contributed by atoms with Crippen molar-refractivity contribution >= 4 is 24.0 Å². The number of carbonyl (C=O) groups is 1. The lowest BCUT2D eigenvalue weighted by molar-refractivity contribution is -0.385. The molecule has 1 heterocycles. The quantitative estimate of drug-likeness (QED) is 0.630. The number of ether oxygens (including phenoxy) is 1. The van der Waals surface area contributed by atoms with Crippen LogP contribution in [-0.2, 0) is 4.79 Å². The van der Waals surface area contributed by atoms with Crippen LogP contribution in [0.15, 0.2) is 24.3 Å². The molecule has 1 aliphatic heterocycles. The maximum Gasteiger partial charge on any atom is 0.310 e. The van der Waals surface area contributed by atoms with Crippen molar-refractivity contribution in [2.75, 3.05) is 26.7 Å². The van der Waals surface area contributed by atoms with Crippen molar-refractivity contribution in [2.45, 2.75) is 25.3 Å². The Labute approximate surface area is 141 Å². The topological polar surface area (TPSA) is 84.7 Å². The highest BCUT2D eigenvalue weighted by Gasteiger charge is 2.22. The van der Waals surface area contributed by atoms with Crippen molar-refractivity contribution < 1.29 is 14.5 Å². The molecule has 128 valence electrons.